The minimum Gasteiger partial charge on any atom is -0.497 e. The van der Waals surface area contributed by atoms with Crippen molar-refractivity contribution in [3.63, 3.8) is 0 Å². The predicted octanol–water partition coefficient (Wildman–Crippen LogP) is 4.08. The van der Waals surface area contributed by atoms with Gasteiger partial charge in [0.05, 0.1) is 17.7 Å². The van der Waals surface area contributed by atoms with E-state index in [1.54, 1.807) is 43.5 Å². The second kappa shape index (κ2) is 6.03. The van der Waals surface area contributed by atoms with E-state index in [9.17, 15) is 0 Å². The highest BCUT2D eigenvalue weighted by atomic mass is 35.5. The summed E-state index contributed by atoms with van der Waals surface area (Å²) in [4.78, 5) is 0. The van der Waals surface area contributed by atoms with Gasteiger partial charge in [-0.1, -0.05) is 23.2 Å². The van der Waals surface area contributed by atoms with Crippen LogP contribution in [-0.2, 0) is 0 Å². The van der Waals surface area contributed by atoms with E-state index in [2.05, 4.69) is 0 Å². The quantitative estimate of drug-likeness (QED) is 0.660. The number of halogens is 2. The molecular formula is C14H12Cl2N2O2. The molecule has 0 radical (unpaired) electrons. The van der Waals surface area contributed by atoms with Crippen molar-refractivity contribution in [2.24, 2.45) is 5.73 Å². The topological polar surface area (TPSA) is 68.3 Å². The summed E-state index contributed by atoms with van der Waals surface area (Å²) in [7, 11) is 1.54. The van der Waals surface area contributed by atoms with Crippen LogP contribution in [0.3, 0.4) is 0 Å². The number of benzene rings is 2. The molecule has 4 nitrogen and oxygen atoms in total. The Bertz CT molecular complexity index is 660. The number of methoxy groups -OCH3 is 1. The molecule has 0 amide bonds. The minimum absolute atomic E-state index is 0.110. The number of ether oxygens (including phenoxy) is 2. The van der Waals surface area contributed by atoms with Gasteiger partial charge in [-0.15, -0.1) is 0 Å². The fraction of sp³-hybridized carbons (Fsp3) is 0.0714. The average Bonchev–Trinajstić information content (AvgIpc) is 2.42. The van der Waals surface area contributed by atoms with Crippen molar-refractivity contribution in [1.82, 2.24) is 0 Å². The lowest BCUT2D eigenvalue weighted by molar-refractivity contribution is 0.409. The molecule has 2 aromatic rings. The van der Waals surface area contributed by atoms with E-state index in [1.807, 2.05) is 0 Å². The van der Waals surface area contributed by atoms with Gasteiger partial charge in [-0.25, -0.2) is 0 Å². The number of nitrogens with one attached hydrogen (secondary N) is 1. The predicted molar refractivity (Wildman–Crippen MR) is 80.5 cm³/mol. The first-order valence-electron chi connectivity index (χ1n) is 5.66. The monoisotopic (exact) mass is 310 g/mol. The van der Waals surface area contributed by atoms with E-state index in [-0.39, 0.29) is 5.84 Å². The summed E-state index contributed by atoms with van der Waals surface area (Å²) in [5.41, 5.74) is 5.98. The molecule has 3 N–H and O–H groups in total. The van der Waals surface area contributed by atoms with Crippen molar-refractivity contribution in [3.05, 3.63) is 52.0 Å². The molecule has 2 rings (SSSR count). The van der Waals surface area contributed by atoms with Gasteiger partial charge in [0, 0.05) is 17.2 Å². The van der Waals surface area contributed by atoms with Gasteiger partial charge in [0.25, 0.3) is 0 Å². The molecule has 0 aromatic heterocycles. The Morgan fingerprint density at radius 2 is 1.85 bits per heavy atom. The Hall–Kier alpha value is -1.91. The van der Waals surface area contributed by atoms with Crippen molar-refractivity contribution in [2.45, 2.75) is 0 Å². The molecule has 0 heterocycles. The molecule has 0 atom stereocenters. The van der Waals surface area contributed by atoms with Crippen LogP contribution in [0.25, 0.3) is 0 Å². The summed E-state index contributed by atoms with van der Waals surface area (Å²) in [6, 6.07) is 9.86. The number of nitrogens with two attached hydrogens (primary N) is 1. The zero-order valence-electron chi connectivity index (χ0n) is 10.6. The van der Waals surface area contributed by atoms with Gasteiger partial charge in [-0.3, -0.25) is 5.41 Å². The molecule has 0 aliphatic carbocycles. The Morgan fingerprint density at radius 3 is 2.50 bits per heavy atom. The maximum Gasteiger partial charge on any atom is 0.147 e. The van der Waals surface area contributed by atoms with Crippen molar-refractivity contribution in [1.29, 1.82) is 5.41 Å². The third-order valence-corrected chi connectivity index (χ3v) is 3.14. The summed E-state index contributed by atoms with van der Waals surface area (Å²) in [5, 5.41) is 8.47. The van der Waals surface area contributed by atoms with Crippen LogP contribution in [0, 0.1) is 5.41 Å². The number of rotatable bonds is 4. The zero-order valence-corrected chi connectivity index (χ0v) is 12.1. The highest BCUT2D eigenvalue weighted by molar-refractivity contribution is 6.34. The summed E-state index contributed by atoms with van der Waals surface area (Å²) in [6.07, 6.45) is 0. The SMILES string of the molecule is COc1ccc(C(=N)N)c(Oc2cc(Cl)ccc2Cl)c1. The van der Waals surface area contributed by atoms with Crippen molar-refractivity contribution in [3.8, 4) is 17.2 Å². The van der Waals surface area contributed by atoms with Gasteiger partial charge < -0.3 is 15.2 Å². The third-order valence-electron chi connectivity index (χ3n) is 2.59. The van der Waals surface area contributed by atoms with Crippen LogP contribution in [0.5, 0.6) is 17.2 Å². The van der Waals surface area contributed by atoms with Gasteiger partial charge in [0.15, 0.2) is 0 Å². The fourth-order valence-electron chi connectivity index (χ4n) is 1.61. The Labute approximate surface area is 126 Å². The third kappa shape index (κ3) is 3.15. The average molecular weight is 311 g/mol. The maximum absolute atomic E-state index is 7.56. The minimum atomic E-state index is -0.110. The Kier molecular flexibility index (Phi) is 4.37. The molecular weight excluding hydrogens is 299 g/mol. The van der Waals surface area contributed by atoms with Crippen LogP contribution in [0.15, 0.2) is 36.4 Å². The van der Waals surface area contributed by atoms with Crippen molar-refractivity contribution in [2.75, 3.05) is 7.11 Å². The molecule has 0 saturated heterocycles. The first kappa shape index (κ1) is 14.5. The molecule has 0 fully saturated rings. The molecule has 2 aromatic carbocycles. The Balaban J connectivity index is 2.45. The molecule has 0 unspecified atom stereocenters. The second-order valence-electron chi connectivity index (χ2n) is 3.95. The highest BCUT2D eigenvalue weighted by Gasteiger charge is 2.12. The lowest BCUT2D eigenvalue weighted by atomic mass is 10.1. The standard InChI is InChI=1S/C14H12Cl2N2O2/c1-19-9-3-4-10(14(17)18)12(7-9)20-13-6-8(15)2-5-11(13)16/h2-7H,1H3,(H3,17,18). The first-order valence-corrected chi connectivity index (χ1v) is 6.42. The normalized spacial score (nSPS) is 10.2. The molecule has 20 heavy (non-hydrogen) atoms. The van der Waals surface area contributed by atoms with E-state index in [0.29, 0.717) is 32.9 Å². The second-order valence-corrected chi connectivity index (χ2v) is 4.80. The number of nitrogen functional groups attached to an aromatic ring is 1. The van der Waals surface area contributed by atoms with Crippen molar-refractivity contribution < 1.29 is 9.47 Å². The van der Waals surface area contributed by atoms with Crippen molar-refractivity contribution >= 4 is 29.0 Å². The van der Waals surface area contributed by atoms with Crippen LogP contribution >= 0.6 is 23.2 Å². The summed E-state index contributed by atoms with van der Waals surface area (Å²) >= 11 is 12.0. The molecule has 6 heteroatoms. The van der Waals surface area contributed by atoms with Crippen LogP contribution in [0.1, 0.15) is 5.56 Å². The van der Waals surface area contributed by atoms with E-state index in [1.165, 1.54) is 0 Å². The molecule has 0 spiro atoms. The van der Waals surface area contributed by atoms with Gasteiger partial charge in [0.2, 0.25) is 0 Å². The van der Waals surface area contributed by atoms with Gasteiger partial charge in [-0.05, 0) is 24.3 Å². The zero-order chi connectivity index (χ0) is 14.7. The lowest BCUT2D eigenvalue weighted by Crippen LogP contribution is -2.12. The highest BCUT2D eigenvalue weighted by Crippen LogP contribution is 2.34. The van der Waals surface area contributed by atoms with Crippen LogP contribution in [0.4, 0.5) is 0 Å². The first-order chi connectivity index (χ1) is 9.51. The van der Waals surface area contributed by atoms with Gasteiger partial charge >= 0.3 is 0 Å². The molecule has 0 aliphatic heterocycles. The lowest BCUT2D eigenvalue weighted by Gasteiger charge is -2.13. The van der Waals surface area contributed by atoms with Crippen LogP contribution in [0.2, 0.25) is 10.0 Å². The van der Waals surface area contributed by atoms with E-state index in [4.69, 9.17) is 43.8 Å². The van der Waals surface area contributed by atoms with E-state index in [0.717, 1.165) is 0 Å². The molecule has 104 valence electrons. The summed E-state index contributed by atoms with van der Waals surface area (Å²) in [6.45, 7) is 0. The fourth-order valence-corrected chi connectivity index (χ4v) is 1.93. The number of hydrogen-bond acceptors (Lipinski definition) is 3. The van der Waals surface area contributed by atoms with E-state index < -0.39 is 0 Å². The Morgan fingerprint density at radius 1 is 1.10 bits per heavy atom. The number of hydrogen-bond donors (Lipinski definition) is 2. The molecule has 0 saturated carbocycles. The summed E-state index contributed by atoms with van der Waals surface area (Å²) in [5.74, 6) is 1.24. The maximum atomic E-state index is 7.56. The molecule has 0 bridgehead atoms. The number of amidine groups is 1. The largest absolute Gasteiger partial charge is 0.497 e. The van der Waals surface area contributed by atoms with Gasteiger partial charge in [-0.2, -0.15) is 0 Å². The van der Waals surface area contributed by atoms with Gasteiger partial charge in [0.1, 0.15) is 23.1 Å². The van der Waals surface area contributed by atoms with Crippen LogP contribution < -0.4 is 15.2 Å². The molecule has 0 aliphatic rings. The van der Waals surface area contributed by atoms with E-state index >= 15 is 0 Å². The van der Waals surface area contributed by atoms with Crippen LogP contribution in [-0.4, -0.2) is 12.9 Å². The smallest absolute Gasteiger partial charge is 0.147 e. The summed E-state index contributed by atoms with van der Waals surface area (Å²) < 4.78 is 10.8.